The Kier molecular flexibility index (Phi) is 5.20. The lowest BCUT2D eigenvalue weighted by Crippen LogP contribution is -2.17. The second-order valence-electron chi connectivity index (χ2n) is 6.03. The number of para-hydroxylation sites is 1. The molecule has 4 rings (SSSR count). The average Bonchev–Trinajstić information content (AvgIpc) is 3.39. The predicted octanol–water partition coefficient (Wildman–Crippen LogP) is 3.49. The number of hydrogen-bond donors (Lipinski definition) is 1. The predicted molar refractivity (Wildman–Crippen MR) is 109 cm³/mol. The van der Waals surface area contributed by atoms with Crippen LogP contribution in [0.25, 0.3) is 11.5 Å². The average molecular weight is 390 g/mol. The molecule has 0 aliphatic carbocycles. The van der Waals surface area contributed by atoms with Crippen LogP contribution in [0.1, 0.15) is 5.56 Å². The molecule has 0 aliphatic rings. The number of benzene rings is 1. The molecule has 4 aromatic rings. The number of pyridine rings is 1. The van der Waals surface area contributed by atoms with Gasteiger partial charge in [0.15, 0.2) is 11.0 Å². The summed E-state index contributed by atoms with van der Waals surface area (Å²) in [5.74, 6) is 0.675. The van der Waals surface area contributed by atoms with Crippen molar-refractivity contribution in [2.24, 2.45) is 0 Å². The van der Waals surface area contributed by atoms with E-state index in [1.165, 1.54) is 11.8 Å². The molecule has 0 saturated carbocycles. The molecule has 8 heteroatoms. The minimum absolute atomic E-state index is 0.134. The van der Waals surface area contributed by atoms with Gasteiger partial charge in [-0.2, -0.15) is 5.10 Å². The zero-order chi connectivity index (χ0) is 19.3. The number of rotatable bonds is 6. The van der Waals surface area contributed by atoms with Crippen LogP contribution >= 0.6 is 11.8 Å². The molecule has 1 N–H and O–H groups in total. The van der Waals surface area contributed by atoms with Crippen molar-refractivity contribution in [1.29, 1.82) is 0 Å². The van der Waals surface area contributed by atoms with Crippen molar-refractivity contribution >= 4 is 23.4 Å². The molecule has 0 bridgehead atoms. The van der Waals surface area contributed by atoms with Crippen molar-refractivity contribution < 1.29 is 4.79 Å². The number of amides is 1. The Morgan fingerprint density at radius 3 is 2.75 bits per heavy atom. The summed E-state index contributed by atoms with van der Waals surface area (Å²) in [5.41, 5.74) is 2.81. The number of aromatic nitrogens is 5. The summed E-state index contributed by atoms with van der Waals surface area (Å²) in [6.07, 6.45) is 8.76. The van der Waals surface area contributed by atoms with Gasteiger partial charge in [-0.1, -0.05) is 30.0 Å². The van der Waals surface area contributed by atoms with Crippen LogP contribution in [0.3, 0.4) is 0 Å². The van der Waals surface area contributed by atoms with Crippen LogP contribution in [0.5, 0.6) is 0 Å². The lowest BCUT2D eigenvalue weighted by Gasteiger charge is -2.11. The smallest absolute Gasteiger partial charge is 0.234 e. The largest absolute Gasteiger partial charge is 0.322 e. The standard InChI is InChI=1S/C20H18N6OS/c1-15-6-2-3-8-17(15)25-13-11-22-20(25)28-14-18(27)24-16-7-4-9-21-19(16)26-12-5-10-23-26/h2-13H,14H2,1H3,(H,24,27). The van der Waals surface area contributed by atoms with Gasteiger partial charge in [0.25, 0.3) is 0 Å². The maximum absolute atomic E-state index is 12.5. The molecule has 7 nitrogen and oxygen atoms in total. The number of nitrogens with zero attached hydrogens (tertiary/aromatic N) is 5. The summed E-state index contributed by atoms with van der Waals surface area (Å²) >= 11 is 1.38. The van der Waals surface area contributed by atoms with E-state index in [2.05, 4.69) is 33.4 Å². The minimum atomic E-state index is -0.134. The maximum atomic E-state index is 12.5. The molecular weight excluding hydrogens is 372 g/mol. The Bertz CT molecular complexity index is 1090. The van der Waals surface area contributed by atoms with Gasteiger partial charge in [-0.05, 0) is 36.8 Å². The van der Waals surface area contributed by atoms with Gasteiger partial charge in [-0.3, -0.25) is 9.36 Å². The summed E-state index contributed by atoms with van der Waals surface area (Å²) < 4.78 is 3.61. The fraction of sp³-hybridized carbons (Fsp3) is 0.100. The van der Waals surface area contributed by atoms with Crippen molar-refractivity contribution in [2.75, 3.05) is 11.1 Å². The first-order valence-electron chi connectivity index (χ1n) is 8.69. The highest BCUT2D eigenvalue weighted by Gasteiger charge is 2.13. The highest BCUT2D eigenvalue weighted by atomic mass is 32.2. The molecule has 3 heterocycles. The lowest BCUT2D eigenvalue weighted by atomic mass is 10.2. The van der Waals surface area contributed by atoms with Crippen molar-refractivity contribution in [3.8, 4) is 11.5 Å². The maximum Gasteiger partial charge on any atom is 0.234 e. The molecule has 0 unspecified atom stereocenters. The van der Waals surface area contributed by atoms with E-state index in [0.29, 0.717) is 11.5 Å². The minimum Gasteiger partial charge on any atom is -0.322 e. The van der Waals surface area contributed by atoms with Crippen LogP contribution in [-0.2, 0) is 4.79 Å². The third kappa shape index (κ3) is 3.81. The topological polar surface area (TPSA) is 77.6 Å². The lowest BCUT2D eigenvalue weighted by molar-refractivity contribution is -0.113. The number of thioether (sulfide) groups is 1. The second-order valence-corrected chi connectivity index (χ2v) is 6.97. The van der Waals surface area contributed by atoms with Gasteiger partial charge < -0.3 is 5.32 Å². The van der Waals surface area contributed by atoms with Gasteiger partial charge in [-0.25, -0.2) is 14.6 Å². The van der Waals surface area contributed by atoms with Crippen LogP contribution in [0.2, 0.25) is 0 Å². The quantitative estimate of drug-likeness (QED) is 0.510. The number of nitrogens with one attached hydrogen (secondary N) is 1. The Morgan fingerprint density at radius 1 is 1.04 bits per heavy atom. The van der Waals surface area contributed by atoms with Gasteiger partial charge in [0.05, 0.1) is 17.1 Å². The number of carbonyl (C=O) groups is 1. The van der Waals surface area contributed by atoms with E-state index in [1.54, 1.807) is 41.6 Å². The van der Waals surface area contributed by atoms with Crippen molar-refractivity contribution in [3.63, 3.8) is 0 Å². The first-order valence-corrected chi connectivity index (χ1v) is 9.68. The number of carbonyl (C=O) groups excluding carboxylic acids is 1. The number of aryl methyl sites for hydroxylation is 1. The Morgan fingerprint density at radius 2 is 1.93 bits per heavy atom. The number of imidazole rings is 1. The van der Waals surface area contributed by atoms with E-state index in [-0.39, 0.29) is 11.7 Å². The number of hydrogen-bond acceptors (Lipinski definition) is 5. The molecule has 0 aliphatic heterocycles. The Balaban J connectivity index is 1.46. The van der Waals surface area contributed by atoms with Gasteiger partial charge in [0.2, 0.25) is 5.91 Å². The Hall–Kier alpha value is -3.39. The summed E-state index contributed by atoms with van der Waals surface area (Å²) in [5, 5.41) is 7.86. The van der Waals surface area contributed by atoms with E-state index in [1.807, 2.05) is 35.0 Å². The highest BCUT2D eigenvalue weighted by molar-refractivity contribution is 7.99. The fourth-order valence-corrected chi connectivity index (χ4v) is 3.57. The third-order valence-corrected chi connectivity index (χ3v) is 5.06. The van der Waals surface area contributed by atoms with Gasteiger partial charge in [0, 0.05) is 31.0 Å². The molecular formula is C20H18N6OS. The molecule has 0 spiro atoms. The first kappa shape index (κ1) is 18.0. The van der Waals surface area contributed by atoms with Gasteiger partial charge in [0.1, 0.15) is 0 Å². The molecule has 1 amide bonds. The zero-order valence-electron chi connectivity index (χ0n) is 15.2. The fourth-order valence-electron chi connectivity index (χ4n) is 2.80. The third-order valence-electron chi connectivity index (χ3n) is 4.10. The highest BCUT2D eigenvalue weighted by Crippen LogP contribution is 2.23. The van der Waals surface area contributed by atoms with E-state index in [0.717, 1.165) is 16.4 Å². The van der Waals surface area contributed by atoms with Crippen LogP contribution < -0.4 is 5.32 Å². The van der Waals surface area contributed by atoms with Gasteiger partial charge >= 0.3 is 0 Å². The summed E-state index contributed by atoms with van der Waals surface area (Å²) in [6, 6.07) is 13.5. The van der Waals surface area contributed by atoms with Gasteiger partial charge in [-0.15, -0.1) is 0 Å². The van der Waals surface area contributed by atoms with Crippen LogP contribution in [-0.4, -0.2) is 36.0 Å². The van der Waals surface area contributed by atoms with E-state index in [4.69, 9.17) is 0 Å². The van der Waals surface area contributed by atoms with Crippen LogP contribution in [0.15, 0.2) is 78.6 Å². The molecule has 0 fully saturated rings. The SMILES string of the molecule is Cc1ccccc1-n1ccnc1SCC(=O)Nc1cccnc1-n1cccn1. The first-order chi connectivity index (χ1) is 13.7. The zero-order valence-corrected chi connectivity index (χ0v) is 16.0. The molecule has 0 atom stereocenters. The molecule has 140 valence electrons. The Labute approximate surface area is 166 Å². The molecule has 0 saturated heterocycles. The molecule has 0 radical (unpaired) electrons. The van der Waals surface area contributed by atoms with Crippen LogP contribution in [0, 0.1) is 6.92 Å². The van der Waals surface area contributed by atoms with E-state index >= 15 is 0 Å². The van der Waals surface area contributed by atoms with E-state index in [9.17, 15) is 4.79 Å². The molecule has 1 aromatic carbocycles. The monoisotopic (exact) mass is 390 g/mol. The van der Waals surface area contributed by atoms with Crippen molar-refractivity contribution in [3.05, 3.63) is 79.0 Å². The normalized spacial score (nSPS) is 10.8. The van der Waals surface area contributed by atoms with Crippen molar-refractivity contribution in [2.45, 2.75) is 12.1 Å². The van der Waals surface area contributed by atoms with Crippen molar-refractivity contribution in [1.82, 2.24) is 24.3 Å². The van der Waals surface area contributed by atoms with E-state index < -0.39 is 0 Å². The second kappa shape index (κ2) is 8.10. The summed E-state index contributed by atoms with van der Waals surface area (Å²) in [6.45, 7) is 2.05. The van der Waals surface area contributed by atoms with Crippen LogP contribution in [0.4, 0.5) is 5.69 Å². The number of anilines is 1. The molecule has 28 heavy (non-hydrogen) atoms. The summed E-state index contributed by atoms with van der Waals surface area (Å²) in [4.78, 5) is 21.2. The molecule has 3 aromatic heterocycles. The summed E-state index contributed by atoms with van der Waals surface area (Å²) in [7, 11) is 0.